The third-order valence-corrected chi connectivity index (χ3v) is 3.52. The topological polar surface area (TPSA) is 66.9 Å². The summed E-state index contributed by atoms with van der Waals surface area (Å²) in [5.74, 6) is 1.16. The molecule has 0 saturated carbocycles. The minimum absolute atomic E-state index is 0.0613. The number of amides is 1. The van der Waals surface area contributed by atoms with Gasteiger partial charge in [-0.05, 0) is 36.1 Å². The Morgan fingerprint density at radius 1 is 1.04 bits per heavy atom. The first-order valence-corrected chi connectivity index (χ1v) is 7.87. The molecule has 0 saturated heterocycles. The minimum Gasteiger partial charge on any atom is -0.340 e. The van der Waals surface area contributed by atoms with Crippen LogP contribution in [0.25, 0.3) is 10.9 Å². The van der Waals surface area contributed by atoms with E-state index in [9.17, 15) is 4.79 Å². The van der Waals surface area contributed by atoms with Crippen molar-refractivity contribution in [2.24, 2.45) is 0 Å². The number of aromatic nitrogens is 2. The van der Waals surface area contributed by atoms with Gasteiger partial charge in [-0.15, -0.1) is 0 Å². The number of nitrogens with one attached hydrogen (secondary N) is 2. The van der Waals surface area contributed by atoms with E-state index in [1.807, 2.05) is 48.5 Å². The third kappa shape index (κ3) is 3.78. The Hall–Kier alpha value is -2.60. The zero-order valence-corrected chi connectivity index (χ0v) is 13.3. The Balaban J connectivity index is 1.93. The van der Waals surface area contributed by atoms with Crippen LogP contribution in [0.3, 0.4) is 0 Å². The van der Waals surface area contributed by atoms with Gasteiger partial charge in [-0.1, -0.05) is 18.2 Å². The molecule has 116 valence electrons. The first-order valence-electron chi connectivity index (χ1n) is 7.24. The lowest BCUT2D eigenvalue weighted by molar-refractivity contribution is -0.115. The van der Waals surface area contributed by atoms with Gasteiger partial charge in [0.15, 0.2) is 0 Å². The second-order valence-electron chi connectivity index (χ2n) is 4.97. The molecule has 0 spiro atoms. The first-order chi connectivity index (χ1) is 11.3. The smallest absolute Gasteiger partial charge is 0.225 e. The van der Waals surface area contributed by atoms with E-state index in [-0.39, 0.29) is 5.91 Å². The first kappa shape index (κ1) is 15.3. The van der Waals surface area contributed by atoms with Crippen molar-refractivity contribution in [2.75, 3.05) is 16.4 Å². The van der Waals surface area contributed by atoms with Crippen molar-refractivity contribution in [2.45, 2.75) is 6.42 Å². The van der Waals surface area contributed by atoms with E-state index in [4.69, 9.17) is 0 Å². The van der Waals surface area contributed by atoms with E-state index in [1.165, 1.54) is 6.33 Å². The zero-order chi connectivity index (χ0) is 16.1. The molecule has 0 bridgehead atoms. The summed E-state index contributed by atoms with van der Waals surface area (Å²) in [6, 6.07) is 15.4. The van der Waals surface area contributed by atoms with Crippen LogP contribution < -0.4 is 10.6 Å². The van der Waals surface area contributed by atoms with Gasteiger partial charge in [-0.2, -0.15) is 12.6 Å². The van der Waals surface area contributed by atoms with Gasteiger partial charge in [-0.3, -0.25) is 4.79 Å². The lowest BCUT2D eigenvalue weighted by Crippen LogP contribution is -2.11. The summed E-state index contributed by atoms with van der Waals surface area (Å²) in [5, 5.41) is 6.98. The molecule has 0 unspecified atom stereocenters. The van der Waals surface area contributed by atoms with Gasteiger partial charge in [0.2, 0.25) is 5.91 Å². The Bertz CT molecular complexity index is 823. The maximum absolute atomic E-state index is 11.7. The second-order valence-corrected chi connectivity index (χ2v) is 5.41. The van der Waals surface area contributed by atoms with Crippen molar-refractivity contribution in [1.82, 2.24) is 9.97 Å². The molecule has 2 N–H and O–H groups in total. The fourth-order valence-electron chi connectivity index (χ4n) is 2.22. The molecule has 6 heteroatoms. The molecule has 0 aliphatic carbocycles. The van der Waals surface area contributed by atoms with Gasteiger partial charge in [-0.25, -0.2) is 9.97 Å². The summed E-state index contributed by atoms with van der Waals surface area (Å²) < 4.78 is 0. The number of fused-ring (bicyclic) bond motifs is 1. The molecule has 0 atom stereocenters. The van der Waals surface area contributed by atoms with Crippen molar-refractivity contribution in [1.29, 1.82) is 0 Å². The number of carbonyl (C=O) groups excluding carboxylic acids is 1. The van der Waals surface area contributed by atoms with Gasteiger partial charge in [0.25, 0.3) is 0 Å². The van der Waals surface area contributed by atoms with E-state index < -0.39 is 0 Å². The summed E-state index contributed by atoms with van der Waals surface area (Å²) in [6.07, 6.45) is 1.90. The average Bonchev–Trinajstić information content (AvgIpc) is 2.56. The molecule has 0 aliphatic heterocycles. The molecule has 23 heavy (non-hydrogen) atoms. The average molecular weight is 324 g/mol. The lowest BCUT2D eigenvalue weighted by Gasteiger charge is -2.10. The molecule has 0 fully saturated rings. The molecule has 2 aromatic carbocycles. The highest BCUT2D eigenvalue weighted by Crippen LogP contribution is 2.25. The van der Waals surface area contributed by atoms with Crippen molar-refractivity contribution in [3.05, 3.63) is 54.9 Å². The molecule has 0 aliphatic rings. The predicted octanol–water partition coefficient (Wildman–Crippen LogP) is 3.63. The molecule has 1 heterocycles. The minimum atomic E-state index is -0.0613. The maximum atomic E-state index is 11.7. The van der Waals surface area contributed by atoms with E-state index in [2.05, 4.69) is 33.2 Å². The maximum Gasteiger partial charge on any atom is 0.225 e. The molecular weight excluding hydrogens is 308 g/mol. The normalized spacial score (nSPS) is 10.5. The Labute approximate surface area is 139 Å². The molecule has 3 rings (SSSR count). The summed E-state index contributed by atoms with van der Waals surface area (Å²) in [6.45, 7) is 0. The number of thiol groups is 1. The number of hydrogen-bond acceptors (Lipinski definition) is 5. The quantitative estimate of drug-likeness (QED) is 0.627. The molecule has 1 aromatic heterocycles. The largest absolute Gasteiger partial charge is 0.340 e. The number of anilines is 3. The van der Waals surface area contributed by atoms with E-state index in [1.54, 1.807) is 0 Å². The Morgan fingerprint density at radius 2 is 1.87 bits per heavy atom. The van der Waals surface area contributed by atoms with E-state index in [0.29, 0.717) is 18.0 Å². The molecular formula is C17H16N4OS. The van der Waals surface area contributed by atoms with Crippen LogP contribution in [0, 0.1) is 0 Å². The van der Waals surface area contributed by atoms with Gasteiger partial charge >= 0.3 is 0 Å². The van der Waals surface area contributed by atoms with Crippen LogP contribution in [0.4, 0.5) is 17.2 Å². The van der Waals surface area contributed by atoms with Gasteiger partial charge in [0.05, 0.1) is 5.52 Å². The summed E-state index contributed by atoms with van der Waals surface area (Å²) in [4.78, 5) is 20.3. The highest BCUT2D eigenvalue weighted by atomic mass is 32.1. The number of hydrogen-bond donors (Lipinski definition) is 3. The van der Waals surface area contributed by atoms with Crippen LogP contribution in [-0.4, -0.2) is 21.6 Å². The van der Waals surface area contributed by atoms with Crippen LogP contribution in [0.5, 0.6) is 0 Å². The lowest BCUT2D eigenvalue weighted by atomic mass is 10.2. The highest BCUT2D eigenvalue weighted by molar-refractivity contribution is 7.80. The third-order valence-electron chi connectivity index (χ3n) is 3.29. The Kier molecular flexibility index (Phi) is 4.73. The highest BCUT2D eigenvalue weighted by Gasteiger charge is 2.07. The predicted molar refractivity (Wildman–Crippen MR) is 96.4 cm³/mol. The van der Waals surface area contributed by atoms with Crippen molar-refractivity contribution in [3.8, 4) is 0 Å². The Morgan fingerprint density at radius 3 is 2.65 bits per heavy atom. The number of carbonyl (C=O) groups is 1. The summed E-state index contributed by atoms with van der Waals surface area (Å²) >= 11 is 4.07. The van der Waals surface area contributed by atoms with Gasteiger partial charge < -0.3 is 10.6 Å². The van der Waals surface area contributed by atoms with Gasteiger partial charge in [0, 0.05) is 23.2 Å². The standard InChI is InChI=1S/C17H16N4OS/c22-16(8-9-23)20-13-6-7-15-14(10-13)17(19-11-18-15)21-12-4-2-1-3-5-12/h1-7,10-11,23H,8-9H2,(H,20,22)(H,18,19,21). The second kappa shape index (κ2) is 7.11. The van der Waals surface area contributed by atoms with Crippen molar-refractivity contribution >= 4 is 46.6 Å². The monoisotopic (exact) mass is 324 g/mol. The van der Waals surface area contributed by atoms with Crippen molar-refractivity contribution in [3.63, 3.8) is 0 Å². The zero-order valence-electron chi connectivity index (χ0n) is 12.4. The fourth-order valence-corrected chi connectivity index (χ4v) is 2.42. The molecule has 5 nitrogen and oxygen atoms in total. The SMILES string of the molecule is O=C(CCS)Nc1ccc2ncnc(Nc3ccccc3)c2c1. The van der Waals surface area contributed by atoms with Crippen LogP contribution in [0.15, 0.2) is 54.9 Å². The van der Waals surface area contributed by atoms with Crippen LogP contribution in [-0.2, 0) is 4.79 Å². The number of rotatable bonds is 5. The van der Waals surface area contributed by atoms with Crippen LogP contribution >= 0.6 is 12.6 Å². The number of para-hydroxylation sites is 1. The number of benzene rings is 2. The molecule has 1 amide bonds. The van der Waals surface area contributed by atoms with E-state index in [0.717, 1.165) is 22.3 Å². The van der Waals surface area contributed by atoms with Crippen LogP contribution in [0.2, 0.25) is 0 Å². The van der Waals surface area contributed by atoms with E-state index >= 15 is 0 Å². The molecule has 0 radical (unpaired) electrons. The van der Waals surface area contributed by atoms with Crippen LogP contribution in [0.1, 0.15) is 6.42 Å². The van der Waals surface area contributed by atoms with Crippen molar-refractivity contribution < 1.29 is 4.79 Å². The fraction of sp³-hybridized carbons (Fsp3) is 0.118. The number of nitrogens with zero attached hydrogens (tertiary/aromatic N) is 2. The van der Waals surface area contributed by atoms with Gasteiger partial charge in [0.1, 0.15) is 12.1 Å². The summed E-state index contributed by atoms with van der Waals surface area (Å²) in [5.41, 5.74) is 2.47. The molecule has 3 aromatic rings. The summed E-state index contributed by atoms with van der Waals surface area (Å²) in [7, 11) is 0.